The minimum absolute atomic E-state index is 0.515. The normalized spacial score (nSPS) is 22.9. The third-order valence-corrected chi connectivity index (χ3v) is 4.97. The van der Waals surface area contributed by atoms with Gasteiger partial charge in [0.2, 0.25) is 5.95 Å². The first-order valence-corrected chi connectivity index (χ1v) is 8.39. The van der Waals surface area contributed by atoms with Gasteiger partial charge < -0.3 is 15.5 Å². The van der Waals surface area contributed by atoms with Gasteiger partial charge in [-0.25, -0.2) is 4.98 Å². The number of anilines is 3. The zero-order valence-corrected chi connectivity index (χ0v) is 13.2. The molecule has 24 heavy (non-hydrogen) atoms. The van der Waals surface area contributed by atoms with Gasteiger partial charge in [0, 0.05) is 42.4 Å². The topological polar surface area (TPSA) is 81.8 Å². The third-order valence-electron chi connectivity index (χ3n) is 4.97. The fraction of sp³-hybridized carbons (Fsp3) is 0.353. The van der Waals surface area contributed by atoms with Crippen LogP contribution in [0.15, 0.2) is 36.7 Å². The van der Waals surface area contributed by atoms with Crippen molar-refractivity contribution in [2.45, 2.75) is 24.9 Å². The van der Waals surface area contributed by atoms with Crippen LogP contribution in [0.25, 0.3) is 10.9 Å². The molecular weight excluding hydrogens is 302 g/mol. The van der Waals surface area contributed by atoms with Crippen LogP contribution in [-0.4, -0.2) is 45.3 Å². The maximum atomic E-state index is 4.75. The van der Waals surface area contributed by atoms with Crippen LogP contribution in [0.3, 0.4) is 0 Å². The summed E-state index contributed by atoms with van der Waals surface area (Å²) in [4.78, 5) is 11.7. The van der Waals surface area contributed by atoms with E-state index in [1.54, 1.807) is 0 Å². The minimum Gasteiger partial charge on any atom is -0.340 e. The number of benzene rings is 1. The molecule has 0 spiro atoms. The van der Waals surface area contributed by atoms with Crippen LogP contribution >= 0.6 is 0 Å². The molecule has 3 aromatic rings. The molecule has 122 valence electrons. The molecule has 7 heteroatoms. The molecule has 0 aliphatic carbocycles. The smallest absolute Gasteiger partial charge is 0.227 e. The summed E-state index contributed by atoms with van der Waals surface area (Å²) in [5.74, 6) is 1.65. The van der Waals surface area contributed by atoms with Gasteiger partial charge in [-0.3, -0.25) is 5.10 Å². The summed E-state index contributed by atoms with van der Waals surface area (Å²) in [6.45, 7) is 2.04. The highest BCUT2D eigenvalue weighted by atomic mass is 15.3. The first-order valence-electron chi connectivity index (χ1n) is 8.39. The summed E-state index contributed by atoms with van der Waals surface area (Å²) in [7, 11) is 0. The molecule has 4 heterocycles. The average molecular weight is 321 g/mol. The highest BCUT2D eigenvalue weighted by molar-refractivity contribution is 5.82. The predicted molar refractivity (Wildman–Crippen MR) is 93.6 cm³/mol. The standard InChI is InChI=1S/C17H19N7/c1-4-15-11(8-20-23-15)7-12(1)21-16-5-6-19-17(22-16)24-13-2-3-14(24)10-18-9-13/h1,4-8,13-14,18H,2-3,9-10H2,(H,20,23)(H,19,21,22). The van der Waals surface area contributed by atoms with Crippen molar-refractivity contribution in [1.29, 1.82) is 0 Å². The summed E-state index contributed by atoms with van der Waals surface area (Å²) in [6, 6.07) is 9.05. The van der Waals surface area contributed by atoms with Crippen LogP contribution in [0.2, 0.25) is 0 Å². The van der Waals surface area contributed by atoms with E-state index in [1.165, 1.54) is 12.8 Å². The molecule has 1 aromatic carbocycles. The maximum Gasteiger partial charge on any atom is 0.227 e. The molecule has 2 fully saturated rings. The van der Waals surface area contributed by atoms with Crippen LogP contribution in [-0.2, 0) is 0 Å². The van der Waals surface area contributed by atoms with Crippen molar-refractivity contribution in [3.8, 4) is 0 Å². The Kier molecular flexibility index (Phi) is 3.12. The number of H-pyrrole nitrogens is 1. The molecule has 2 aliphatic rings. The van der Waals surface area contributed by atoms with E-state index in [0.717, 1.165) is 41.4 Å². The molecule has 0 saturated carbocycles. The SMILES string of the molecule is c1cc(Nc2ccc3[nH]ncc3c2)nc(N2C3CCC2CNC3)n1. The van der Waals surface area contributed by atoms with Crippen LogP contribution in [0.1, 0.15) is 12.8 Å². The molecule has 2 bridgehead atoms. The largest absolute Gasteiger partial charge is 0.340 e. The molecule has 2 atom stereocenters. The Morgan fingerprint density at radius 2 is 2.00 bits per heavy atom. The minimum atomic E-state index is 0.515. The second kappa shape index (κ2) is 5.45. The Morgan fingerprint density at radius 1 is 1.12 bits per heavy atom. The van der Waals surface area contributed by atoms with Crippen LogP contribution in [0, 0.1) is 0 Å². The van der Waals surface area contributed by atoms with Crippen molar-refractivity contribution >= 4 is 28.4 Å². The van der Waals surface area contributed by atoms with Crippen LogP contribution in [0.4, 0.5) is 17.5 Å². The number of nitrogens with one attached hydrogen (secondary N) is 3. The van der Waals surface area contributed by atoms with Gasteiger partial charge in [-0.15, -0.1) is 0 Å². The molecular formula is C17H19N7. The lowest BCUT2D eigenvalue weighted by molar-refractivity contribution is 0.477. The van der Waals surface area contributed by atoms with E-state index in [4.69, 9.17) is 4.98 Å². The molecule has 7 nitrogen and oxygen atoms in total. The summed E-state index contributed by atoms with van der Waals surface area (Å²) >= 11 is 0. The van der Waals surface area contributed by atoms with Gasteiger partial charge in [-0.1, -0.05) is 0 Å². The number of fused-ring (bicyclic) bond motifs is 3. The predicted octanol–water partition coefficient (Wildman–Crippen LogP) is 2.04. The fourth-order valence-corrected chi connectivity index (χ4v) is 3.82. The Bertz CT molecular complexity index is 858. The lowest BCUT2D eigenvalue weighted by atomic mass is 10.2. The summed E-state index contributed by atoms with van der Waals surface area (Å²) in [5.41, 5.74) is 2.03. The van der Waals surface area contributed by atoms with Gasteiger partial charge in [0.15, 0.2) is 0 Å². The summed E-state index contributed by atoms with van der Waals surface area (Å²) in [6.07, 6.45) is 6.10. The number of rotatable bonds is 3. The second-order valence-corrected chi connectivity index (χ2v) is 6.49. The van der Waals surface area contributed by atoms with Gasteiger partial charge in [0.1, 0.15) is 5.82 Å². The van der Waals surface area contributed by atoms with Gasteiger partial charge in [0.05, 0.1) is 11.7 Å². The third kappa shape index (κ3) is 2.28. The van der Waals surface area contributed by atoms with E-state index < -0.39 is 0 Å². The zero-order valence-electron chi connectivity index (χ0n) is 13.2. The Morgan fingerprint density at radius 3 is 2.88 bits per heavy atom. The monoisotopic (exact) mass is 321 g/mol. The Hall–Kier alpha value is -2.67. The lowest BCUT2D eigenvalue weighted by Gasteiger charge is -2.35. The highest BCUT2D eigenvalue weighted by Crippen LogP contribution is 2.30. The number of aromatic nitrogens is 4. The van der Waals surface area contributed by atoms with Crippen molar-refractivity contribution in [1.82, 2.24) is 25.5 Å². The molecule has 0 radical (unpaired) electrons. The van der Waals surface area contributed by atoms with Gasteiger partial charge in [-0.2, -0.15) is 10.1 Å². The van der Waals surface area contributed by atoms with Gasteiger partial charge in [-0.05, 0) is 37.1 Å². The average Bonchev–Trinajstić information content (AvgIpc) is 3.16. The van der Waals surface area contributed by atoms with E-state index in [-0.39, 0.29) is 0 Å². The molecule has 2 aromatic heterocycles. The van der Waals surface area contributed by atoms with Crippen molar-refractivity contribution in [2.24, 2.45) is 0 Å². The first-order chi connectivity index (χ1) is 11.9. The number of hydrogen-bond donors (Lipinski definition) is 3. The highest BCUT2D eigenvalue weighted by Gasteiger charge is 2.37. The number of aromatic amines is 1. The van der Waals surface area contributed by atoms with E-state index in [0.29, 0.717) is 12.1 Å². The van der Waals surface area contributed by atoms with E-state index in [9.17, 15) is 0 Å². The molecule has 5 rings (SSSR count). The van der Waals surface area contributed by atoms with Crippen molar-refractivity contribution < 1.29 is 0 Å². The van der Waals surface area contributed by atoms with Crippen molar-refractivity contribution in [3.63, 3.8) is 0 Å². The Labute approximate surface area is 139 Å². The van der Waals surface area contributed by atoms with Crippen LogP contribution < -0.4 is 15.5 Å². The fourth-order valence-electron chi connectivity index (χ4n) is 3.82. The lowest BCUT2D eigenvalue weighted by Crippen LogP contribution is -2.52. The maximum absolute atomic E-state index is 4.75. The molecule has 2 unspecified atom stereocenters. The van der Waals surface area contributed by atoms with Gasteiger partial charge in [0.25, 0.3) is 0 Å². The summed E-state index contributed by atoms with van der Waals surface area (Å²) < 4.78 is 0. The molecule has 2 aliphatic heterocycles. The Balaban J connectivity index is 1.42. The quantitative estimate of drug-likeness (QED) is 0.685. The zero-order chi connectivity index (χ0) is 15.9. The number of hydrogen-bond acceptors (Lipinski definition) is 6. The van der Waals surface area contributed by atoms with E-state index in [1.807, 2.05) is 30.6 Å². The van der Waals surface area contributed by atoms with E-state index in [2.05, 4.69) is 36.8 Å². The summed E-state index contributed by atoms with van der Waals surface area (Å²) in [5, 5.41) is 15.0. The van der Waals surface area contributed by atoms with E-state index >= 15 is 0 Å². The molecule has 0 amide bonds. The van der Waals surface area contributed by atoms with Crippen molar-refractivity contribution in [2.75, 3.05) is 23.3 Å². The molecule has 2 saturated heterocycles. The number of piperazine rings is 1. The first kappa shape index (κ1) is 13.7. The number of nitrogens with zero attached hydrogens (tertiary/aromatic N) is 4. The van der Waals surface area contributed by atoms with Gasteiger partial charge >= 0.3 is 0 Å². The second-order valence-electron chi connectivity index (χ2n) is 6.49. The van der Waals surface area contributed by atoms with Crippen molar-refractivity contribution in [3.05, 3.63) is 36.7 Å². The molecule has 3 N–H and O–H groups in total. The van der Waals surface area contributed by atoms with Crippen LogP contribution in [0.5, 0.6) is 0 Å².